The molecule has 0 bridgehead atoms. The number of carbonyl (C=O) groups excluding carboxylic acids is 2. The first-order valence-electron chi connectivity index (χ1n) is 5.94. The van der Waals surface area contributed by atoms with Crippen LogP contribution in [0.25, 0.3) is 0 Å². The van der Waals surface area contributed by atoms with Crippen molar-refractivity contribution in [3.63, 3.8) is 0 Å². The molecule has 1 heterocycles. The van der Waals surface area contributed by atoms with Crippen molar-refractivity contribution in [3.8, 4) is 0 Å². The van der Waals surface area contributed by atoms with Crippen molar-refractivity contribution in [2.75, 3.05) is 39.3 Å². The van der Waals surface area contributed by atoms with Crippen LogP contribution in [-0.2, 0) is 9.59 Å². The summed E-state index contributed by atoms with van der Waals surface area (Å²) in [5.41, 5.74) is 0.969. The highest BCUT2D eigenvalue weighted by molar-refractivity contribution is 5.82. The third kappa shape index (κ3) is 4.56. The highest BCUT2D eigenvalue weighted by Gasteiger charge is 2.20. The van der Waals surface area contributed by atoms with Gasteiger partial charge in [-0.3, -0.25) is 14.5 Å². The molecule has 5 heteroatoms. The maximum Gasteiger partial charge on any atom is 0.237 e. The van der Waals surface area contributed by atoms with Gasteiger partial charge < -0.3 is 10.2 Å². The van der Waals surface area contributed by atoms with Crippen molar-refractivity contribution >= 4 is 11.8 Å². The van der Waals surface area contributed by atoms with E-state index >= 15 is 0 Å². The molecular weight excluding hydrogens is 218 g/mol. The van der Waals surface area contributed by atoms with E-state index in [1.54, 1.807) is 4.90 Å². The molecule has 1 aliphatic heterocycles. The lowest BCUT2D eigenvalue weighted by Gasteiger charge is -2.29. The van der Waals surface area contributed by atoms with Crippen LogP contribution in [0, 0.1) is 0 Å². The van der Waals surface area contributed by atoms with Gasteiger partial charge in [-0.1, -0.05) is 12.2 Å². The summed E-state index contributed by atoms with van der Waals surface area (Å²) in [6.07, 6.45) is 0. The molecule has 96 valence electrons. The number of hydrogen-bond donors (Lipinski definition) is 1. The van der Waals surface area contributed by atoms with E-state index in [1.807, 2.05) is 18.7 Å². The fourth-order valence-corrected chi connectivity index (χ4v) is 1.82. The Kier molecular flexibility index (Phi) is 5.15. The van der Waals surface area contributed by atoms with Crippen LogP contribution in [0.5, 0.6) is 0 Å². The SMILES string of the molecule is C=C(C)CN(CC)C(=O)CN1CCNC(=O)C1. The standard InChI is InChI=1S/C12H21N3O2/c1-4-15(7-10(2)3)12(17)9-14-6-5-13-11(16)8-14/h2,4-9H2,1,3H3,(H,13,16). The first-order chi connectivity index (χ1) is 8.02. The highest BCUT2D eigenvalue weighted by Crippen LogP contribution is 2.00. The summed E-state index contributed by atoms with van der Waals surface area (Å²) >= 11 is 0. The predicted octanol–water partition coefficient (Wildman–Crippen LogP) is -0.157. The van der Waals surface area contributed by atoms with E-state index in [2.05, 4.69) is 11.9 Å². The molecular formula is C12H21N3O2. The Morgan fingerprint density at radius 1 is 1.59 bits per heavy atom. The van der Waals surface area contributed by atoms with Gasteiger partial charge in [0.25, 0.3) is 0 Å². The van der Waals surface area contributed by atoms with E-state index in [0.29, 0.717) is 32.7 Å². The Balaban J connectivity index is 2.45. The van der Waals surface area contributed by atoms with Gasteiger partial charge in [-0.05, 0) is 13.8 Å². The number of amides is 2. The Morgan fingerprint density at radius 2 is 2.29 bits per heavy atom. The average Bonchev–Trinajstić information content (AvgIpc) is 2.25. The quantitative estimate of drug-likeness (QED) is 0.678. The second-order valence-electron chi connectivity index (χ2n) is 4.43. The first-order valence-corrected chi connectivity index (χ1v) is 5.94. The summed E-state index contributed by atoms with van der Waals surface area (Å²) in [6, 6.07) is 0. The summed E-state index contributed by atoms with van der Waals surface area (Å²) in [4.78, 5) is 26.8. The van der Waals surface area contributed by atoms with Gasteiger partial charge in [-0.25, -0.2) is 0 Å². The lowest BCUT2D eigenvalue weighted by molar-refractivity contribution is -0.133. The molecule has 1 fully saturated rings. The van der Waals surface area contributed by atoms with Crippen molar-refractivity contribution in [2.45, 2.75) is 13.8 Å². The summed E-state index contributed by atoms with van der Waals surface area (Å²) in [6.45, 7) is 10.9. The van der Waals surface area contributed by atoms with Crippen molar-refractivity contribution in [1.29, 1.82) is 0 Å². The second-order valence-corrected chi connectivity index (χ2v) is 4.43. The molecule has 0 unspecified atom stereocenters. The first kappa shape index (κ1) is 13.7. The Bertz CT molecular complexity index is 315. The summed E-state index contributed by atoms with van der Waals surface area (Å²) in [7, 11) is 0. The predicted molar refractivity (Wildman–Crippen MR) is 66.5 cm³/mol. The van der Waals surface area contributed by atoms with Crippen LogP contribution < -0.4 is 5.32 Å². The minimum Gasteiger partial charge on any atom is -0.354 e. The number of carbonyl (C=O) groups is 2. The molecule has 0 aliphatic carbocycles. The van der Waals surface area contributed by atoms with Crippen molar-refractivity contribution in [1.82, 2.24) is 15.1 Å². The topological polar surface area (TPSA) is 52.7 Å². The molecule has 0 atom stereocenters. The third-order valence-electron chi connectivity index (χ3n) is 2.67. The van der Waals surface area contributed by atoms with E-state index in [4.69, 9.17) is 0 Å². The smallest absolute Gasteiger partial charge is 0.237 e. The minimum atomic E-state index is -0.00741. The number of rotatable bonds is 5. The van der Waals surface area contributed by atoms with Gasteiger partial charge in [0.15, 0.2) is 0 Å². The second kappa shape index (κ2) is 6.39. The summed E-state index contributed by atoms with van der Waals surface area (Å²) in [5.74, 6) is 0.0530. The molecule has 17 heavy (non-hydrogen) atoms. The number of nitrogens with one attached hydrogen (secondary N) is 1. The van der Waals surface area contributed by atoms with Crippen molar-refractivity contribution in [2.24, 2.45) is 0 Å². The summed E-state index contributed by atoms with van der Waals surface area (Å²) in [5, 5.41) is 2.74. The van der Waals surface area contributed by atoms with Gasteiger partial charge in [0.2, 0.25) is 11.8 Å². The Hall–Kier alpha value is -1.36. The zero-order chi connectivity index (χ0) is 12.8. The molecule has 0 aromatic rings. The Labute approximate surface area is 102 Å². The zero-order valence-corrected chi connectivity index (χ0v) is 10.7. The van der Waals surface area contributed by atoms with Gasteiger partial charge in [-0.15, -0.1) is 0 Å². The Morgan fingerprint density at radius 3 is 2.82 bits per heavy atom. The molecule has 0 saturated carbocycles. The minimum absolute atomic E-state index is 0.00741. The van der Waals surface area contributed by atoms with Crippen molar-refractivity contribution < 1.29 is 9.59 Å². The van der Waals surface area contributed by atoms with Gasteiger partial charge in [-0.2, -0.15) is 0 Å². The maximum atomic E-state index is 12.0. The number of hydrogen-bond acceptors (Lipinski definition) is 3. The monoisotopic (exact) mass is 239 g/mol. The molecule has 0 aromatic heterocycles. The molecule has 1 aliphatic rings. The molecule has 5 nitrogen and oxygen atoms in total. The molecule has 0 aromatic carbocycles. The molecule has 0 radical (unpaired) electrons. The molecule has 1 rings (SSSR count). The molecule has 1 N–H and O–H groups in total. The van der Waals surface area contributed by atoms with Crippen LogP contribution in [-0.4, -0.2) is 60.9 Å². The largest absolute Gasteiger partial charge is 0.354 e. The number of likely N-dealkylation sites (N-methyl/N-ethyl adjacent to an activating group) is 1. The highest BCUT2D eigenvalue weighted by atomic mass is 16.2. The van der Waals surface area contributed by atoms with Crippen LogP contribution in [0.15, 0.2) is 12.2 Å². The van der Waals surface area contributed by atoms with Gasteiger partial charge in [0, 0.05) is 26.2 Å². The van der Waals surface area contributed by atoms with E-state index in [1.165, 1.54) is 0 Å². The number of piperazine rings is 1. The number of nitrogens with zero attached hydrogens (tertiary/aromatic N) is 2. The molecule has 1 saturated heterocycles. The van der Waals surface area contributed by atoms with E-state index < -0.39 is 0 Å². The van der Waals surface area contributed by atoms with E-state index in [9.17, 15) is 9.59 Å². The normalized spacial score (nSPS) is 16.5. The zero-order valence-electron chi connectivity index (χ0n) is 10.7. The van der Waals surface area contributed by atoms with Crippen LogP contribution in [0.3, 0.4) is 0 Å². The van der Waals surface area contributed by atoms with Gasteiger partial charge in [0.05, 0.1) is 13.1 Å². The fraction of sp³-hybridized carbons (Fsp3) is 0.667. The summed E-state index contributed by atoms with van der Waals surface area (Å²) < 4.78 is 0. The van der Waals surface area contributed by atoms with Crippen LogP contribution >= 0.6 is 0 Å². The van der Waals surface area contributed by atoms with Crippen molar-refractivity contribution in [3.05, 3.63) is 12.2 Å². The van der Waals surface area contributed by atoms with Crippen LogP contribution in [0.4, 0.5) is 0 Å². The van der Waals surface area contributed by atoms with E-state index in [-0.39, 0.29) is 11.8 Å². The third-order valence-corrected chi connectivity index (χ3v) is 2.67. The van der Waals surface area contributed by atoms with Crippen LogP contribution in [0.2, 0.25) is 0 Å². The fourth-order valence-electron chi connectivity index (χ4n) is 1.82. The lowest BCUT2D eigenvalue weighted by Crippen LogP contribution is -2.51. The molecule has 2 amide bonds. The van der Waals surface area contributed by atoms with Gasteiger partial charge in [0.1, 0.15) is 0 Å². The average molecular weight is 239 g/mol. The lowest BCUT2D eigenvalue weighted by atomic mass is 10.3. The maximum absolute atomic E-state index is 12.0. The van der Waals surface area contributed by atoms with E-state index in [0.717, 1.165) is 12.1 Å². The van der Waals surface area contributed by atoms with Crippen LogP contribution in [0.1, 0.15) is 13.8 Å². The molecule has 0 spiro atoms. The van der Waals surface area contributed by atoms with Gasteiger partial charge >= 0.3 is 0 Å².